The van der Waals surface area contributed by atoms with Gasteiger partial charge in [0.15, 0.2) is 18.9 Å². The number of hydrogen-bond donors (Lipinski definition) is 11. The minimum Gasteiger partial charge on any atom is -0.394 e. The van der Waals surface area contributed by atoms with Gasteiger partial charge < -0.3 is 80.1 Å². The van der Waals surface area contributed by atoms with E-state index in [4.69, 9.17) is 23.7 Å². The van der Waals surface area contributed by atoms with Crippen LogP contribution in [0.5, 0.6) is 0 Å². The third kappa shape index (κ3) is 6.38. The molecule has 17 heteroatoms. The largest absolute Gasteiger partial charge is 0.394 e. The maximum atomic E-state index is 11.7. The van der Waals surface area contributed by atoms with Crippen LogP contribution in [0.25, 0.3) is 0 Å². The van der Waals surface area contributed by atoms with Gasteiger partial charge in [-0.3, -0.25) is 4.79 Å². The lowest BCUT2D eigenvalue weighted by atomic mass is 9.95. The monoisotopic (exact) mass is 545 g/mol. The number of aliphatic hydroxyl groups is 10. The lowest BCUT2D eigenvalue weighted by Gasteiger charge is -2.48. The first kappa shape index (κ1) is 30.4. The van der Waals surface area contributed by atoms with E-state index in [0.29, 0.717) is 0 Å². The predicted molar refractivity (Wildman–Crippen MR) is 113 cm³/mol. The van der Waals surface area contributed by atoms with Gasteiger partial charge in [0.2, 0.25) is 5.91 Å². The molecule has 37 heavy (non-hydrogen) atoms. The number of carbonyl (C=O) groups excluding carboxylic acids is 1. The Morgan fingerprint density at radius 3 is 1.76 bits per heavy atom. The highest BCUT2D eigenvalue weighted by atomic mass is 16.7. The molecule has 0 saturated carbocycles. The molecule has 0 aromatic carbocycles. The summed E-state index contributed by atoms with van der Waals surface area (Å²) in [4.78, 5) is 11.7. The van der Waals surface area contributed by atoms with Crippen molar-refractivity contribution in [2.24, 2.45) is 0 Å². The van der Waals surface area contributed by atoms with Gasteiger partial charge in [-0.15, -0.1) is 0 Å². The van der Waals surface area contributed by atoms with Crippen LogP contribution in [0.1, 0.15) is 6.92 Å². The summed E-state index contributed by atoms with van der Waals surface area (Å²) in [5.41, 5.74) is 0. The third-order valence-corrected chi connectivity index (χ3v) is 6.49. The van der Waals surface area contributed by atoms with Gasteiger partial charge in [-0.25, -0.2) is 0 Å². The molecule has 0 bridgehead atoms. The van der Waals surface area contributed by atoms with Crippen molar-refractivity contribution < 1.29 is 79.5 Å². The van der Waals surface area contributed by atoms with E-state index in [0.717, 1.165) is 6.92 Å². The molecule has 3 aliphatic rings. The Labute approximate surface area is 210 Å². The maximum Gasteiger partial charge on any atom is 0.217 e. The Morgan fingerprint density at radius 1 is 0.649 bits per heavy atom. The van der Waals surface area contributed by atoms with Gasteiger partial charge >= 0.3 is 0 Å². The van der Waals surface area contributed by atoms with Crippen molar-refractivity contribution >= 4 is 5.91 Å². The first-order valence-corrected chi connectivity index (χ1v) is 11.6. The molecule has 3 rings (SSSR count). The molecule has 3 fully saturated rings. The smallest absolute Gasteiger partial charge is 0.217 e. The number of rotatable bonds is 8. The fraction of sp³-hybridized carbons (Fsp3) is 0.950. The second-order valence-electron chi connectivity index (χ2n) is 9.07. The number of ether oxygens (including phenoxy) is 5. The first-order chi connectivity index (χ1) is 17.4. The molecule has 17 nitrogen and oxygen atoms in total. The minimum absolute atomic E-state index is 0.652. The summed E-state index contributed by atoms with van der Waals surface area (Å²) < 4.78 is 27.0. The molecule has 0 unspecified atom stereocenters. The Kier molecular flexibility index (Phi) is 10.5. The summed E-state index contributed by atoms with van der Waals surface area (Å²) >= 11 is 0. The van der Waals surface area contributed by atoms with Crippen molar-refractivity contribution in [1.82, 2.24) is 5.32 Å². The zero-order chi connectivity index (χ0) is 27.6. The average Bonchev–Trinajstić information content (AvgIpc) is 2.86. The molecule has 0 aliphatic carbocycles. The van der Waals surface area contributed by atoms with Gasteiger partial charge in [-0.2, -0.15) is 0 Å². The van der Waals surface area contributed by atoms with Crippen molar-refractivity contribution in [1.29, 1.82) is 0 Å². The van der Waals surface area contributed by atoms with E-state index in [2.05, 4.69) is 5.32 Å². The normalized spacial score (nSPS) is 49.0. The highest BCUT2D eigenvalue weighted by Gasteiger charge is 2.53. The third-order valence-electron chi connectivity index (χ3n) is 6.49. The van der Waals surface area contributed by atoms with E-state index in [9.17, 15) is 55.9 Å². The molecule has 3 heterocycles. The van der Waals surface area contributed by atoms with Gasteiger partial charge in [0.05, 0.1) is 19.8 Å². The summed E-state index contributed by atoms with van der Waals surface area (Å²) in [5.74, 6) is -0.652. The maximum absolute atomic E-state index is 11.7. The fourth-order valence-corrected chi connectivity index (χ4v) is 4.46. The van der Waals surface area contributed by atoms with Crippen LogP contribution in [0.3, 0.4) is 0 Å². The number of carbonyl (C=O) groups is 1. The highest BCUT2D eigenvalue weighted by Crippen LogP contribution is 2.32. The Bertz CT molecular complexity index is 745. The summed E-state index contributed by atoms with van der Waals surface area (Å²) in [6, 6.07) is -1.42. The standard InChI is InChI=1S/C20H35NO16/c1-5(25)21-9-12(28)10(26)6(2-22)34-19(9)37-17-11(27)7(3-23)35-20(15(17)31)36-16-8(4-24)33-18(32)14(30)13(16)29/h6-20,22-24,26-32H,2-4H2,1H3,(H,21,25)/t6-,7-,8-,9+,10-,11+,12-,13-,14-,15-,16-,17+,18+,19+,20+/m1/s1. The SMILES string of the molecule is CC(=O)N[C@@H]1[C@H](O[C@H]2[C@@H](O)[C@@H](CO)O[C@@H](O[C@H]3[C@H](O)[C@@H](O)[C@@H](O)O[C@@H]3CO)[C@@H]2O)O[C@H](CO)[C@@H](O)[C@@H]1O. The molecular weight excluding hydrogens is 510 g/mol. The van der Waals surface area contributed by atoms with Crippen molar-refractivity contribution in [2.75, 3.05) is 19.8 Å². The number of nitrogens with one attached hydrogen (secondary N) is 1. The van der Waals surface area contributed by atoms with Crippen LogP contribution in [0.2, 0.25) is 0 Å². The van der Waals surface area contributed by atoms with Crippen LogP contribution in [-0.4, -0.2) is 169 Å². The molecule has 3 aliphatic heterocycles. The highest BCUT2D eigenvalue weighted by molar-refractivity contribution is 5.73. The number of hydrogen-bond acceptors (Lipinski definition) is 16. The second-order valence-corrected chi connectivity index (χ2v) is 9.07. The molecule has 0 aromatic rings. The zero-order valence-corrected chi connectivity index (χ0v) is 19.7. The molecule has 0 spiro atoms. The summed E-state index contributed by atoms with van der Waals surface area (Å²) in [6.45, 7) is -1.25. The van der Waals surface area contributed by atoms with E-state index < -0.39 is 118 Å². The van der Waals surface area contributed by atoms with Crippen molar-refractivity contribution in [3.63, 3.8) is 0 Å². The minimum atomic E-state index is -1.91. The molecule has 0 radical (unpaired) electrons. The Hall–Kier alpha value is -1.13. The molecular formula is C20H35NO16. The molecule has 0 aromatic heterocycles. The van der Waals surface area contributed by atoms with E-state index in [1.165, 1.54) is 0 Å². The lowest BCUT2D eigenvalue weighted by molar-refractivity contribution is -0.373. The van der Waals surface area contributed by atoms with Crippen molar-refractivity contribution in [3.05, 3.63) is 0 Å². The number of amides is 1. The summed E-state index contributed by atoms with van der Waals surface area (Å²) in [6.07, 6.45) is -23.4. The topological polar surface area (TPSA) is 278 Å². The van der Waals surface area contributed by atoms with Crippen molar-refractivity contribution in [3.8, 4) is 0 Å². The summed E-state index contributed by atoms with van der Waals surface area (Å²) in [7, 11) is 0. The molecule has 1 amide bonds. The van der Waals surface area contributed by atoms with Gasteiger partial charge in [0.1, 0.15) is 73.2 Å². The van der Waals surface area contributed by atoms with E-state index in [1.54, 1.807) is 0 Å². The average molecular weight is 545 g/mol. The lowest BCUT2D eigenvalue weighted by Crippen LogP contribution is -2.68. The van der Waals surface area contributed by atoms with Crippen molar-refractivity contribution in [2.45, 2.75) is 99.0 Å². The van der Waals surface area contributed by atoms with Crippen LogP contribution in [-0.2, 0) is 28.5 Å². The van der Waals surface area contributed by atoms with E-state index >= 15 is 0 Å². The second kappa shape index (κ2) is 12.8. The first-order valence-electron chi connectivity index (χ1n) is 11.6. The molecule has 11 N–H and O–H groups in total. The van der Waals surface area contributed by atoms with E-state index in [1.807, 2.05) is 0 Å². The zero-order valence-electron chi connectivity index (χ0n) is 19.7. The van der Waals surface area contributed by atoms with Crippen LogP contribution < -0.4 is 5.32 Å². The predicted octanol–water partition coefficient (Wildman–Crippen LogP) is -7.43. The van der Waals surface area contributed by atoms with Gasteiger partial charge in [-0.05, 0) is 0 Å². The number of aliphatic hydroxyl groups excluding tert-OH is 10. The quantitative estimate of drug-likeness (QED) is 0.135. The summed E-state index contributed by atoms with van der Waals surface area (Å²) in [5, 5.41) is 103. The van der Waals surface area contributed by atoms with Crippen LogP contribution in [0.15, 0.2) is 0 Å². The van der Waals surface area contributed by atoms with Gasteiger partial charge in [-0.1, -0.05) is 0 Å². The molecule has 3 saturated heterocycles. The fourth-order valence-electron chi connectivity index (χ4n) is 4.46. The van der Waals surface area contributed by atoms with E-state index in [-0.39, 0.29) is 0 Å². The molecule has 15 atom stereocenters. The van der Waals surface area contributed by atoms with Gasteiger partial charge in [0.25, 0.3) is 0 Å². The van der Waals surface area contributed by atoms with Crippen LogP contribution in [0.4, 0.5) is 0 Å². The van der Waals surface area contributed by atoms with Crippen LogP contribution >= 0.6 is 0 Å². The van der Waals surface area contributed by atoms with Gasteiger partial charge in [0, 0.05) is 6.92 Å². The molecule has 216 valence electrons. The van der Waals surface area contributed by atoms with Crippen LogP contribution in [0, 0.1) is 0 Å². The Morgan fingerprint density at radius 2 is 1.19 bits per heavy atom. The Balaban J connectivity index is 1.83.